The Balaban J connectivity index is 0. The fraction of sp³-hybridized carbons (Fsp3) is 0. The zero-order valence-corrected chi connectivity index (χ0v) is 4.56. The van der Waals surface area contributed by atoms with Crippen LogP contribution in [0.15, 0.2) is 0 Å². The van der Waals surface area contributed by atoms with Gasteiger partial charge in [0.25, 0.3) is 0 Å². The van der Waals surface area contributed by atoms with Crippen LogP contribution in [0.3, 0.4) is 0 Å². The minimum absolute atomic E-state index is 0. The van der Waals surface area contributed by atoms with Crippen LogP contribution in [0.25, 0.3) is 0 Å². The number of nitrogens with two attached hydrogens (primary N) is 1. The first-order valence-corrected chi connectivity index (χ1v) is 0.569. The summed E-state index contributed by atoms with van der Waals surface area (Å²) in [6, 6.07) is 0. The molecule has 0 aromatic heterocycles. The number of hydrogen-bond acceptors (Lipinski definition) is 1. The van der Waals surface area contributed by atoms with E-state index in [4.69, 9.17) is 4.79 Å². The first-order chi connectivity index (χ1) is 1.41. The minimum Gasteiger partial charge on any atom is -0.372 e. The molecule has 0 aliphatic carbocycles. The summed E-state index contributed by atoms with van der Waals surface area (Å²) in [7, 11) is 0. The van der Waals surface area contributed by atoms with Gasteiger partial charge in [-0.15, -0.1) is 0 Å². The van der Waals surface area contributed by atoms with Crippen molar-refractivity contribution in [1.29, 1.82) is 0 Å². The van der Waals surface area contributed by atoms with E-state index < -0.39 is 0 Å². The number of hydrogen-bond donors (Lipinski definition) is 1. The molecule has 0 saturated heterocycles. The number of rotatable bonds is 0. The van der Waals surface area contributed by atoms with Crippen LogP contribution >= 0.6 is 0 Å². The Morgan fingerprint density at radius 2 is 1.75 bits per heavy atom. The second-order valence-electron chi connectivity index (χ2n) is 0.136. The average molecular weight is 68.0 g/mol. The van der Waals surface area contributed by atoms with Gasteiger partial charge in [-0.2, -0.15) is 0 Å². The van der Waals surface area contributed by atoms with Crippen LogP contribution < -0.4 is 35.3 Å². The van der Waals surface area contributed by atoms with Gasteiger partial charge in [0.2, 0.25) is 6.41 Å². The van der Waals surface area contributed by atoms with Crippen LogP contribution in [-0.4, -0.2) is 6.41 Å². The van der Waals surface area contributed by atoms with Gasteiger partial charge in [0.15, 0.2) is 0 Å². The van der Waals surface area contributed by atoms with Crippen molar-refractivity contribution in [2.75, 3.05) is 0 Å². The molecule has 0 atom stereocenters. The largest absolute Gasteiger partial charge is 1.00 e. The molecule has 18 valence electrons. The number of carbonyl (C=O) groups is 1. The molecule has 0 aliphatic rings. The number of carbonyl (C=O) groups excluding carboxylic acids is 1. The fourth-order valence-corrected chi connectivity index (χ4v) is 0. The van der Waals surface area contributed by atoms with Crippen molar-refractivity contribution < 1.29 is 34.4 Å². The van der Waals surface area contributed by atoms with E-state index in [2.05, 4.69) is 5.73 Å². The topological polar surface area (TPSA) is 43.1 Å². The molecule has 3 heteroatoms. The molecular formula is CH3NNaO+. The van der Waals surface area contributed by atoms with Crippen molar-refractivity contribution in [2.45, 2.75) is 0 Å². The van der Waals surface area contributed by atoms with Gasteiger partial charge in [-0.1, -0.05) is 0 Å². The van der Waals surface area contributed by atoms with E-state index in [1.807, 2.05) is 0 Å². The fourth-order valence-electron chi connectivity index (χ4n) is 0. The van der Waals surface area contributed by atoms with E-state index in [9.17, 15) is 0 Å². The molecule has 2 N–H and O–H groups in total. The molecule has 0 heterocycles. The Hall–Kier alpha value is 0.470. The third-order valence-corrected chi connectivity index (χ3v) is 0. The molecule has 0 bridgehead atoms. The van der Waals surface area contributed by atoms with E-state index in [0.717, 1.165) is 0 Å². The summed E-state index contributed by atoms with van der Waals surface area (Å²) in [5, 5.41) is 0. The van der Waals surface area contributed by atoms with Crippen LogP contribution in [0.5, 0.6) is 0 Å². The SMILES string of the molecule is NC=O.[Na+]. The number of amides is 1. The summed E-state index contributed by atoms with van der Waals surface area (Å²) in [5.41, 5.74) is 4.17. The Kier molecular flexibility index (Phi) is 21.6. The van der Waals surface area contributed by atoms with Gasteiger partial charge in [0, 0.05) is 0 Å². The molecule has 0 aromatic carbocycles. The van der Waals surface area contributed by atoms with Gasteiger partial charge in [0.1, 0.15) is 0 Å². The summed E-state index contributed by atoms with van der Waals surface area (Å²) in [6.45, 7) is 0. The first-order valence-electron chi connectivity index (χ1n) is 0.569. The Morgan fingerprint density at radius 1 is 1.75 bits per heavy atom. The number of primary amides is 1. The van der Waals surface area contributed by atoms with Gasteiger partial charge in [-0.3, -0.25) is 4.79 Å². The zero-order chi connectivity index (χ0) is 2.71. The zero-order valence-electron chi connectivity index (χ0n) is 2.56. The van der Waals surface area contributed by atoms with Crippen LogP contribution in [0.4, 0.5) is 0 Å². The molecule has 0 radical (unpaired) electrons. The molecule has 0 unspecified atom stereocenters. The molecule has 0 rings (SSSR count). The third kappa shape index (κ3) is 24.2. The molecular weight excluding hydrogens is 65.0 g/mol. The van der Waals surface area contributed by atoms with Crippen LogP contribution in [0.2, 0.25) is 0 Å². The molecule has 0 aromatic rings. The van der Waals surface area contributed by atoms with Gasteiger partial charge < -0.3 is 5.73 Å². The monoisotopic (exact) mass is 68.0 g/mol. The molecule has 4 heavy (non-hydrogen) atoms. The van der Waals surface area contributed by atoms with Crippen molar-refractivity contribution >= 4 is 6.41 Å². The average Bonchev–Trinajstić information content (AvgIpc) is 0.918. The molecule has 0 saturated carbocycles. The van der Waals surface area contributed by atoms with Gasteiger partial charge in [-0.25, -0.2) is 0 Å². The van der Waals surface area contributed by atoms with Crippen molar-refractivity contribution in [3.8, 4) is 0 Å². The molecule has 0 aliphatic heterocycles. The molecule has 1 amide bonds. The maximum absolute atomic E-state index is 8.58. The van der Waals surface area contributed by atoms with Crippen molar-refractivity contribution in [3.05, 3.63) is 0 Å². The van der Waals surface area contributed by atoms with E-state index in [0.29, 0.717) is 0 Å². The second kappa shape index (κ2) is 9.80. The van der Waals surface area contributed by atoms with Gasteiger partial charge in [0.05, 0.1) is 0 Å². The maximum atomic E-state index is 8.58. The smallest absolute Gasteiger partial charge is 0.372 e. The van der Waals surface area contributed by atoms with Crippen LogP contribution in [-0.2, 0) is 4.79 Å². The van der Waals surface area contributed by atoms with Crippen molar-refractivity contribution in [2.24, 2.45) is 5.73 Å². The van der Waals surface area contributed by atoms with E-state index in [-0.39, 0.29) is 36.0 Å². The Morgan fingerprint density at radius 3 is 1.75 bits per heavy atom. The second-order valence-corrected chi connectivity index (χ2v) is 0.136. The van der Waals surface area contributed by atoms with Crippen molar-refractivity contribution in [3.63, 3.8) is 0 Å². The normalized spacial score (nSPS) is 3.00. The standard InChI is InChI=1S/CH3NO.Na/c2-1-3;/h1H,(H2,2,3);/q;+1. The Labute approximate surface area is 46.7 Å². The molecule has 2 nitrogen and oxygen atoms in total. The predicted molar refractivity (Wildman–Crippen MR) is 10.3 cm³/mol. The summed E-state index contributed by atoms with van der Waals surface area (Å²) >= 11 is 0. The van der Waals surface area contributed by atoms with Crippen LogP contribution in [0.1, 0.15) is 0 Å². The predicted octanol–water partition coefficient (Wildman–Crippen LogP) is -3.89. The summed E-state index contributed by atoms with van der Waals surface area (Å²) in [5.74, 6) is 0. The summed E-state index contributed by atoms with van der Waals surface area (Å²) < 4.78 is 0. The molecule has 0 spiro atoms. The third-order valence-electron chi connectivity index (χ3n) is 0. The van der Waals surface area contributed by atoms with Crippen molar-refractivity contribution in [1.82, 2.24) is 0 Å². The van der Waals surface area contributed by atoms with Gasteiger partial charge >= 0.3 is 29.6 Å². The molecule has 0 fully saturated rings. The van der Waals surface area contributed by atoms with E-state index >= 15 is 0 Å². The summed E-state index contributed by atoms with van der Waals surface area (Å²) in [6.07, 6.45) is 0.250. The van der Waals surface area contributed by atoms with E-state index in [1.165, 1.54) is 0 Å². The van der Waals surface area contributed by atoms with E-state index in [1.54, 1.807) is 0 Å². The van der Waals surface area contributed by atoms with Crippen LogP contribution in [0, 0.1) is 0 Å². The van der Waals surface area contributed by atoms with Gasteiger partial charge in [-0.05, 0) is 0 Å². The Bertz CT molecular complexity index is 15.5. The maximum Gasteiger partial charge on any atom is 1.00 e. The quantitative estimate of drug-likeness (QED) is 0.229. The first kappa shape index (κ1) is 8.82. The summed E-state index contributed by atoms with van der Waals surface area (Å²) in [4.78, 5) is 8.58. The minimum atomic E-state index is 0.